The van der Waals surface area contributed by atoms with Gasteiger partial charge in [-0.1, -0.05) is 30.3 Å². The third-order valence-corrected chi connectivity index (χ3v) is 4.07. The number of para-hydroxylation sites is 2. The number of pyridine rings is 1. The van der Waals surface area contributed by atoms with Gasteiger partial charge in [-0.3, -0.25) is 19.4 Å². The Kier molecular flexibility index (Phi) is 6.91. The molecule has 0 fully saturated rings. The van der Waals surface area contributed by atoms with Crippen molar-refractivity contribution in [1.82, 2.24) is 10.5 Å². The fourth-order valence-electron chi connectivity index (χ4n) is 2.63. The Balaban J connectivity index is 1.80. The van der Waals surface area contributed by atoms with Gasteiger partial charge in [-0.25, -0.2) is 5.48 Å². The molecule has 0 aliphatic carbocycles. The van der Waals surface area contributed by atoms with Crippen LogP contribution >= 0.6 is 0 Å². The van der Waals surface area contributed by atoms with Crippen molar-refractivity contribution in [3.05, 3.63) is 89.8 Å². The van der Waals surface area contributed by atoms with E-state index in [2.05, 4.69) is 20.6 Å². The van der Waals surface area contributed by atoms with Crippen molar-refractivity contribution in [2.24, 2.45) is 0 Å². The molecule has 0 aliphatic heterocycles. The number of nitrogens with one attached hydrogen (secondary N) is 2. The zero-order valence-corrected chi connectivity index (χ0v) is 16.6. The number of aromatic nitrogens is 1. The van der Waals surface area contributed by atoms with E-state index >= 15 is 0 Å². The Morgan fingerprint density at radius 3 is 2.53 bits per heavy atom. The Labute approximate surface area is 174 Å². The molecule has 0 spiro atoms. The van der Waals surface area contributed by atoms with Crippen LogP contribution in [0.1, 0.15) is 21.6 Å². The summed E-state index contributed by atoms with van der Waals surface area (Å²) in [5.41, 5.74) is 4.66. The molecule has 0 saturated carbocycles. The van der Waals surface area contributed by atoms with Crippen LogP contribution in [-0.2, 0) is 9.63 Å². The van der Waals surface area contributed by atoms with Crippen molar-refractivity contribution >= 4 is 23.6 Å². The van der Waals surface area contributed by atoms with E-state index in [0.29, 0.717) is 28.3 Å². The Morgan fingerprint density at radius 2 is 1.77 bits per heavy atom. The largest absolute Gasteiger partial charge is 0.455 e. The zero-order chi connectivity index (χ0) is 21.3. The van der Waals surface area contributed by atoms with Gasteiger partial charge < -0.3 is 10.1 Å². The van der Waals surface area contributed by atoms with E-state index in [9.17, 15) is 9.59 Å². The summed E-state index contributed by atoms with van der Waals surface area (Å²) in [6.45, 7) is 1.88. The van der Waals surface area contributed by atoms with Crippen LogP contribution in [0.15, 0.2) is 72.9 Å². The molecule has 0 atom stereocenters. The third-order valence-electron chi connectivity index (χ3n) is 4.07. The summed E-state index contributed by atoms with van der Waals surface area (Å²) < 4.78 is 5.86. The highest BCUT2D eigenvalue weighted by atomic mass is 16.6. The van der Waals surface area contributed by atoms with Gasteiger partial charge in [0.05, 0.1) is 18.9 Å². The number of hydrogen-bond acceptors (Lipinski definition) is 5. The minimum Gasteiger partial charge on any atom is -0.455 e. The molecule has 0 bridgehead atoms. The lowest BCUT2D eigenvalue weighted by atomic mass is 10.1. The first-order valence-electron chi connectivity index (χ1n) is 9.18. The van der Waals surface area contributed by atoms with Crippen molar-refractivity contribution in [2.75, 3.05) is 12.4 Å². The second kappa shape index (κ2) is 9.99. The smallest absolute Gasteiger partial charge is 0.267 e. The van der Waals surface area contributed by atoms with Crippen LogP contribution in [0.5, 0.6) is 11.5 Å². The van der Waals surface area contributed by atoms with E-state index in [-0.39, 0.29) is 5.91 Å². The molecule has 0 unspecified atom stereocenters. The number of ether oxygens (including phenoxy) is 1. The maximum atomic E-state index is 12.9. The molecule has 0 aliphatic rings. The fourth-order valence-corrected chi connectivity index (χ4v) is 2.63. The number of carbonyl (C=O) groups excluding carboxylic acids is 2. The maximum Gasteiger partial charge on any atom is 0.267 e. The number of nitrogens with zero attached hydrogens (tertiary/aromatic N) is 1. The highest BCUT2D eigenvalue weighted by Crippen LogP contribution is 2.26. The lowest BCUT2D eigenvalue weighted by molar-refractivity contribution is -0.126. The van der Waals surface area contributed by atoms with Gasteiger partial charge in [-0.05, 0) is 48.9 Å². The van der Waals surface area contributed by atoms with Gasteiger partial charge in [0.2, 0.25) is 0 Å². The predicted molar refractivity (Wildman–Crippen MR) is 114 cm³/mol. The van der Waals surface area contributed by atoms with Gasteiger partial charge in [-0.15, -0.1) is 0 Å². The average Bonchev–Trinajstić information content (AvgIpc) is 2.75. The first-order chi connectivity index (χ1) is 14.6. The van der Waals surface area contributed by atoms with E-state index in [4.69, 9.17) is 4.74 Å². The summed E-state index contributed by atoms with van der Waals surface area (Å²) in [5, 5.41) is 2.87. The SMILES string of the molecule is CONC(=O)/C=C/c1ccccc1NC(=O)c1ccccc1Oc1ccc(C)nc1. The van der Waals surface area contributed by atoms with E-state index in [1.54, 1.807) is 60.8 Å². The minimum atomic E-state index is -0.413. The van der Waals surface area contributed by atoms with Crippen molar-refractivity contribution < 1.29 is 19.2 Å². The van der Waals surface area contributed by atoms with Crippen LogP contribution in [-0.4, -0.2) is 23.9 Å². The van der Waals surface area contributed by atoms with E-state index in [1.165, 1.54) is 13.2 Å². The van der Waals surface area contributed by atoms with E-state index < -0.39 is 5.91 Å². The number of hydroxylamine groups is 1. The molecule has 3 aromatic rings. The van der Waals surface area contributed by atoms with E-state index in [1.807, 2.05) is 19.1 Å². The highest BCUT2D eigenvalue weighted by Gasteiger charge is 2.14. The van der Waals surface area contributed by atoms with Crippen LogP contribution in [0.2, 0.25) is 0 Å². The summed E-state index contributed by atoms with van der Waals surface area (Å²) in [7, 11) is 1.35. The van der Waals surface area contributed by atoms with Gasteiger partial charge in [0.25, 0.3) is 11.8 Å². The van der Waals surface area contributed by atoms with Gasteiger partial charge in [-0.2, -0.15) is 0 Å². The third kappa shape index (κ3) is 5.52. The molecule has 152 valence electrons. The molecule has 7 heteroatoms. The minimum absolute atomic E-state index is 0.340. The van der Waals surface area contributed by atoms with Crippen LogP contribution in [0.25, 0.3) is 6.08 Å². The molecule has 0 saturated heterocycles. The first-order valence-corrected chi connectivity index (χ1v) is 9.18. The molecule has 7 nitrogen and oxygen atoms in total. The molecule has 1 aromatic heterocycles. The zero-order valence-electron chi connectivity index (χ0n) is 16.6. The average molecular weight is 403 g/mol. The number of rotatable bonds is 7. The first kappa shape index (κ1) is 20.8. The quantitative estimate of drug-likeness (QED) is 0.457. The van der Waals surface area contributed by atoms with Crippen LogP contribution in [0.3, 0.4) is 0 Å². The molecule has 2 N–H and O–H groups in total. The van der Waals surface area contributed by atoms with Crippen LogP contribution in [0, 0.1) is 6.92 Å². The number of carbonyl (C=O) groups is 2. The number of anilines is 1. The van der Waals surface area contributed by atoms with Crippen LogP contribution < -0.4 is 15.5 Å². The Morgan fingerprint density at radius 1 is 1.00 bits per heavy atom. The molecular weight excluding hydrogens is 382 g/mol. The summed E-state index contributed by atoms with van der Waals surface area (Å²) in [5.74, 6) is 0.193. The molecule has 2 amide bonds. The van der Waals surface area contributed by atoms with Crippen molar-refractivity contribution in [2.45, 2.75) is 6.92 Å². The van der Waals surface area contributed by atoms with Crippen LogP contribution in [0.4, 0.5) is 5.69 Å². The van der Waals surface area contributed by atoms with Crippen molar-refractivity contribution in [3.63, 3.8) is 0 Å². The summed E-state index contributed by atoms with van der Waals surface area (Å²) in [6, 6.07) is 17.7. The number of amides is 2. The van der Waals surface area contributed by atoms with Crippen molar-refractivity contribution in [1.29, 1.82) is 0 Å². The molecule has 0 radical (unpaired) electrons. The molecule has 3 rings (SSSR count). The van der Waals surface area contributed by atoms with Gasteiger partial charge >= 0.3 is 0 Å². The molecule has 1 heterocycles. The summed E-state index contributed by atoms with van der Waals surface area (Å²) in [4.78, 5) is 33.3. The topological polar surface area (TPSA) is 89.6 Å². The monoisotopic (exact) mass is 403 g/mol. The highest BCUT2D eigenvalue weighted by molar-refractivity contribution is 6.07. The molecule has 2 aromatic carbocycles. The molecular formula is C23H21N3O4. The lowest BCUT2D eigenvalue weighted by Crippen LogP contribution is -2.18. The number of aryl methyl sites for hydroxylation is 1. The maximum absolute atomic E-state index is 12.9. The second-order valence-electron chi connectivity index (χ2n) is 6.28. The Hall–Kier alpha value is -3.97. The predicted octanol–water partition coefficient (Wildman–Crippen LogP) is 4.13. The van der Waals surface area contributed by atoms with Crippen molar-refractivity contribution in [3.8, 4) is 11.5 Å². The Bertz CT molecular complexity index is 1060. The van der Waals surface area contributed by atoms with Gasteiger partial charge in [0.1, 0.15) is 11.5 Å². The number of hydrogen-bond donors (Lipinski definition) is 2. The summed E-state index contributed by atoms with van der Waals surface area (Å²) in [6.07, 6.45) is 4.51. The standard InChI is InChI=1S/C23H21N3O4/c1-16-11-13-18(15-24-16)30-21-10-6-4-8-19(21)23(28)25-20-9-5-3-7-17(20)12-14-22(27)26-29-2/h3-15H,1-2H3,(H,25,28)(H,26,27)/b14-12+. The fraction of sp³-hybridized carbons (Fsp3) is 0.0870. The normalized spacial score (nSPS) is 10.6. The van der Waals surface area contributed by atoms with E-state index in [0.717, 1.165) is 5.69 Å². The lowest BCUT2D eigenvalue weighted by Gasteiger charge is -2.12. The summed E-state index contributed by atoms with van der Waals surface area (Å²) >= 11 is 0. The second-order valence-corrected chi connectivity index (χ2v) is 6.28. The molecule has 30 heavy (non-hydrogen) atoms. The van der Waals surface area contributed by atoms with Gasteiger partial charge in [0, 0.05) is 17.5 Å². The number of benzene rings is 2. The van der Waals surface area contributed by atoms with Gasteiger partial charge in [0.15, 0.2) is 0 Å².